The number of benzene rings is 1. The van der Waals surface area contributed by atoms with Crippen LogP contribution in [0, 0.1) is 11.6 Å². The minimum absolute atomic E-state index is 0.136. The second kappa shape index (κ2) is 5.80. The van der Waals surface area contributed by atoms with Crippen molar-refractivity contribution in [2.24, 2.45) is 0 Å². The standard InChI is InChI=1S/C12H17F2NO/c1-8(2)15-7-9(3)16-12-5-10(13)4-11(14)6-12/h4-6,8-9,15H,7H2,1-3H3. The van der Waals surface area contributed by atoms with Gasteiger partial charge in [-0.1, -0.05) is 13.8 Å². The van der Waals surface area contributed by atoms with Gasteiger partial charge in [0.05, 0.1) is 0 Å². The fraction of sp³-hybridized carbons (Fsp3) is 0.500. The fourth-order valence-electron chi connectivity index (χ4n) is 1.27. The van der Waals surface area contributed by atoms with Gasteiger partial charge in [-0.3, -0.25) is 0 Å². The molecule has 0 aliphatic carbocycles. The molecule has 90 valence electrons. The summed E-state index contributed by atoms with van der Waals surface area (Å²) in [6, 6.07) is 3.53. The van der Waals surface area contributed by atoms with Crippen molar-refractivity contribution in [1.82, 2.24) is 5.32 Å². The molecule has 16 heavy (non-hydrogen) atoms. The Kier molecular flexibility index (Phi) is 4.68. The molecule has 1 aromatic rings. The molecule has 0 spiro atoms. The molecular formula is C12H17F2NO. The molecule has 2 nitrogen and oxygen atoms in total. The molecular weight excluding hydrogens is 212 g/mol. The van der Waals surface area contributed by atoms with Gasteiger partial charge in [0.15, 0.2) is 0 Å². The van der Waals surface area contributed by atoms with Gasteiger partial charge in [-0.25, -0.2) is 8.78 Å². The smallest absolute Gasteiger partial charge is 0.129 e. The van der Waals surface area contributed by atoms with E-state index in [2.05, 4.69) is 5.32 Å². The summed E-state index contributed by atoms with van der Waals surface area (Å²) in [5.74, 6) is -1.03. The van der Waals surface area contributed by atoms with Crippen LogP contribution in [0.4, 0.5) is 8.78 Å². The van der Waals surface area contributed by atoms with E-state index in [9.17, 15) is 8.78 Å². The third-order valence-corrected chi connectivity index (χ3v) is 1.99. The van der Waals surface area contributed by atoms with Crippen LogP contribution in [-0.4, -0.2) is 18.7 Å². The van der Waals surface area contributed by atoms with E-state index in [0.29, 0.717) is 12.6 Å². The first-order valence-corrected chi connectivity index (χ1v) is 5.33. The van der Waals surface area contributed by atoms with Crippen molar-refractivity contribution >= 4 is 0 Å². The monoisotopic (exact) mass is 229 g/mol. The van der Waals surface area contributed by atoms with E-state index in [4.69, 9.17) is 4.74 Å². The van der Waals surface area contributed by atoms with Crippen LogP contribution < -0.4 is 10.1 Å². The number of halogens is 2. The first-order chi connectivity index (χ1) is 7.47. The van der Waals surface area contributed by atoms with Crippen molar-refractivity contribution in [2.45, 2.75) is 32.9 Å². The SMILES string of the molecule is CC(C)NCC(C)Oc1cc(F)cc(F)c1. The van der Waals surface area contributed by atoms with Gasteiger partial charge in [0.25, 0.3) is 0 Å². The summed E-state index contributed by atoms with van der Waals surface area (Å²) in [5, 5.41) is 3.18. The van der Waals surface area contributed by atoms with Gasteiger partial charge in [0, 0.05) is 30.8 Å². The number of nitrogens with one attached hydrogen (secondary N) is 1. The van der Waals surface area contributed by atoms with E-state index in [-0.39, 0.29) is 11.9 Å². The summed E-state index contributed by atoms with van der Waals surface area (Å²) in [6.07, 6.45) is -0.136. The predicted octanol–water partition coefficient (Wildman–Crippen LogP) is 2.73. The molecule has 0 heterocycles. The van der Waals surface area contributed by atoms with E-state index < -0.39 is 11.6 Å². The third-order valence-electron chi connectivity index (χ3n) is 1.99. The molecule has 1 N–H and O–H groups in total. The maximum absolute atomic E-state index is 12.9. The fourth-order valence-corrected chi connectivity index (χ4v) is 1.27. The third kappa shape index (κ3) is 4.57. The summed E-state index contributed by atoms with van der Waals surface area (Å²) < 4.78 is 31.1. The molecule has 0 aromatic heterocycles. The maximum Gasteiger partial charge on any atom is 0.129 e. The van der Waals surface area contributed by atoms with Crippen LogP contribution in [0.25, 0.3) is 0 Å². The molecule has 0 bridgehead atoms. The summed E-state index contributed by atoms with van der Waals surface area (Å²) in [6.45, 7) is 6.52. The van der Waals surface area contributed by atoms with Gasteiger partial charge in [-0.15, -0.1) is 0 Å². The summed E-state index contributed by atoms with van der Waals surface area (Å²) in [5.41, 5.74) is 0. The van der Waals surface area contributed by atoms with Gasteiger partial charge >= 0.3 is 0 Å². The quantitative estimate of drug-likeness (QED) is 0.838. The van der Waals surface area contributed by atoms with Crippen LogP contribution >= 0.6 is 0 Å². The molecule has 1 aromatic carbocycles. The zero-order valence-corrected chi connectivity index (χ0v) is 9.76. The molecule has 0 radical (unpaired) electrons. The number of hydrogen-bond donors (Lipinski definition) is 1. The Morgan fingerprint density at radius 3 is 2.19 bits per heavy atom. The van der Waals surface area contributed by atoms with Crippen molar-refractivity contribution in [3.05, 3.63) is 29.8 Å². The second-order valence-corrected chi connectivity index (χ2v) is 4.10. The Morgan fingerprint density at radius 1 is 1.12 bits per heavy atom. The average Bonchev–Trinajstić information content (AvgIpc) is 2.12. The number of hydrogen-bond acceptors (Lipinski definition) is 2. The second-order valence-electron chi connectivity index (χ2n) is 4.10. The Balaban J connectivity index is 2.52. The highest BCUT2D eigenvalue weighted by Crippen LogP contribution is 2.16. The first kappa shape index (κ1) is 12.9. The molecule has 0 aliphatic heterocycles. The molecule has 0 saturated heterocycles. The average molecular weight is 229 g/mol. The molecule has 1 unspecified atom stereocenters. The Hall–Kier alpha value is -1.16. The minimum atomic E-state index is -0.626. The molecule has 1 atom stereocenters. The van der Waals surface area contributed by atoms with Gasteiger partial charge in [-0.05, 0) is 6.92 Å². The lowest BCUT2D eigenvalue weighted by molar-refractivity contribution is 0.212. The Morgan fingerprint density at radius 2 is 1.69 bits per heavy atom. The topological polar surface area (TPSA) is 21.3 Å². The normalized spacial score (nSPS) is 12.9. The lowest BCUT2D eigenvalue weighted by Gasteiger charge is -2.17. The number of ether oxygens (including phenoxy) is 1. The van der Waals surface area contributed by atoms with Crippen LogP contribution in [0.3, 0.4) is 0 Å². The van der Waals surface area contributed by atoms with Gasteiger partial charge < -0.3 is 10.1 Å². The minimum Gasteiger partial charge on any atom is -0.489 e. The summed E-state index contributed by atoms with van der Waals surface area (Å²) in [4.78, 5) is 0. The van der Waals surface area contributed by atoms with E-state index in [1.165, 1.54) is 12.1 Å². The predicted molar refractivity (Wildman–Crippen MR) is 59.6 cm³/mol. The van der Waals surface area contributed by atoms with E-state index in [1.54, 1.807) is 0 Å². The highest BCUT2D eigenvalue weighted by molar-refractivity contribution is 5.24. The Bertz CT molecular complexity index is 322. The Labute approximate surface area is 94.6 Å². The summed E-state index contributed by atoms with van der Waals surface area (Å²) >= 11 is 0. The largest absolute Gasteiger partial charge is 0.489 e. The van der Waals surface area contributed by atoms with Crippen molar-refractivity contribution in [2.75, 3.05) is 6.54 Å². The zero-order chi connectivity index (χ0) is 12.1. The molecule has 0 fully saturated rings. The first-order valence-electron chi connectivity index (χ1n) is 5.33. The van der Waals surface area contributed by atoms with Crippen LogP contribution in [0.15, 0.2) is 18.2 Å². The van der Waals surface area contributed by atoms with Crippen LogP contribution in [0.5, 0.6) is 5.75 Å². The lowest BCUT2D eigenvalue weighted by atomic mass is 10.3. The van der Waals surface area contributed by atoms with E-state index >= 15 is 0 Å². The van der Waals surface area contributed by atoms with Gasteiger partial charge in [0.2, 0.25) is 0 Å². The van der Waals surface area contributed by atoms with Crippen LogP contribution in [0.1, 0.15) is 20.8 Å². The number of rotatable bonds is 5. The zero-order valence-electron chi connectivity index (χ0n) is 9.76. The van der Waals surface area contributed by atoms with Crippen molar-refractivity contribution < 1.29 is 13.5 Å². The molecule has 1 rings (SSSR count). The van der Waals surface area contributed by atoms with Crippen LogP contribution in [0.2, 0.25) is 0 Å². The van der Waals surface area contributed by atoms with Gasteiger partial charge in [0.1, 0.15) is 23.5 Å². The highest BCUT2D eigenvalue weighted by Gasteiger charge is 2.07. The van der Waals surface area contributed by atoms with Crippen molar-refractivity contribution in [1.29, 1.82) is 0 Å². The van der Waals surface area contributed by atoms with Crippen LogP contribution in [-0.2, 0) is 0 Å². The lowest BCUT2D eigenvalue weighted by Crippen LogP contribution is -2.33. The molecule has 0 amide bonds. The highest BCUT2D eigenvalue weighted by atomic mass is 19.1. The van der Waals surface area contributed by atoms with E-state index in [0.717, 1.165) is 6.07 Å². The van der Waals surface area contributed by atoms with E-state index in [1.807, 2.05) is 20.8 Å². The molecule has 0 saturated carbocycles. The van der Waals surface area contributed by atoms with Crippen molar-refractivity contribution in [3.63, 3.8) is 0 Å². The maximum atomic E-state index is 12.9. The van der Waals surface area contributed by atoms with Crippen molar-refractivity contribution in [3.8, 4) is 5.75 Å². The van der Waals surface area contributed by atoms with Gasteiger partial charge in [-0.2, -0.15) is 0 Å². The molecule has 0 aliphatic rings. The summed E-state index contributed by atoms with van der Waals surface area (Å²) in [7, 11) is 0. The molecule has 4 heteroatoms.